The number of hydrogen-bond acceptors (Lipinski definition) is 4. The molecule has 1 saturated heterocycles. The number of nitriles is 1. The number of hydrogen-bond donors (Lipinski definition) is 2. The van der Waals surface area contributed by atoms with Crippen LogP contribution in [0.4, 0.5) is 13.2 Å². The van der Waals surface area contributed by atoms with E-state index in [1.165, 1.54) is 4.90 Å². The molecular formula is C13H14F3N3O. The van der Waals surface area contributed by atoms with Gasteiger partial charge in [0.1, 0.15) is 6.04 Å². The lowest BCUT2D eigenvalue weighted by Crippen LogP contribution is -2.47. The highest BCUT2D eigenvalue weighted by Crippen LogP contribution is 2.35. The zero-order valence-corrected chi connectivity index (χ0v) is 10.6. The smallest absolute Gasteiger partial charge is 0.258 e. The number of aromatic hydroxyl groups is 1. The van der Waals surface area contributed by atoms with E-state index in [1.54, 1.807) is 6.07 Å². The molecule has 0 aliphatic carbocycles. The van der Waals surface area contributed by atoms with Crippen LogP contribution in [0.3, 0.4) is 0 Å². The third-order valence-corrected chi connectivity index (χ3v) is 3.32. The van der Waals surface area contributed by atoms with Crippen molar-refractivity contribution in [3.05, 3.63) is 29.1 Å². The molecule has 4 nitrogen and oxygen atoms in total. The van der Waals surface area contributed by atoms with Crippen molar-refractivity contribution in [2.75, 3.05) is 26.2 Å². The molecule has 0 spiro atoms. The molecule has 1 heterocycles. The fourth-order valence-electron chi connectivity index (χ4n) is 2.36. The molecule has 1 aromatic rings. The summed E-state index contributed by atoms with van der Waals surface area (Å²) in [5.41, 5.74) is -0.325. The van der Waals surface area contributed by atoms with Gasteiger partial charge in [-0.15, -0.1) is 0 Å². The van der Waals surface area contributed by atoms with Crippen LogP contribution < -0.4 is 5.32 Å². The summed E-state index contributed by atoms with van der Waals surface area (Å²) >= 11 is 0. The Morgan fingerprint density at radius 1 is 1.30 bits per heavy atom. The molecule has 7 heteroatoms. The molecule has 108 valence electrons. The lowest BCUT2D eigenvalue weighted by molar-refractivity contribution is 0.0168. The van der Waals surface area contributed by atoms with Gasteiger partial charge in [-0.25, -0.2) is 13.2 Å². The lowest BCUT2D eigenvalue weighted by Gasteiger charge is -2.34. The van der Waals surface area contributed by atoms with Gasteiger partial charge in [0.2, 0.25) is 0 Å². The Hall–Kier alpha value is -1.78. The molecule has 0 saturated carbocycles. The van der Waals surface area contributed by atoms with Gasteiger partial charge >= 0.3 is 0 Å². The van der Waals surface area contributed by atoms with Gasteiger partial charge in [-0.05, 0) is 12.1 Å². The summed E-state index contributed by atoms with van der Waals surface area (Å²) in [5, 5.41) is 21.5. The van der Waals surface area contributed by atoms with Gasteiger partial charge in [0, 0.05) is 31.7 Å². The number of benzene rings is 1. The Morgan fingerprint density at radius 3 is 2.50 bits per heavy atom. The fourth-order valence-corrected chi connectivity index (χ4v) is 2.36. The van der Waals surface area contributed by atoms with Gasteiger partial charge in [0.05, 0.1) is 11.6 Å². The highest BCUT2D eigenvalue weighted by Gasteiger charge is 2.33. The topological polar surface area (TPSA) is 59.3 Å². The van der Waals surface area contributed by atoms with Crippen molar-refractivity contribution < 1.29 is 18.3 Å². The SMILES string of the molecule is N#Cc1cc(F)c(O)c([C@@H](C(F)F)N2CCNCC2)c1. The Balaban J connectivity index is 2.43. The normalized spacial score (nSPS) is 17.9. The van der Waals surface area contributed by atoms with Crippen LogP contribution in [-0.2, 0) is 0 Å². The van der Waals surface area contributed by atoms with E-state index in [4.69, 9.17) is 5.26 Å². The van der Waals surface area contributed by atoms with Gasteiger partial charge in [-0.3, -0.25) is 4.90 Å². The molecular weight excluding hydrogens is 271 g/mol. The highest BCUT2D eigenvalue weighted by atomic mass is 19.3. The van der Waals surface area contributed by atoms with Crippen LogP contribution in [0.15, 0.2) is 12.1 Å². The van der Waals surface area contributed by atoms with Crippen LogP contribution in [0.2, 0.25) is 0 Å². The monoisotopic (exact) mass is 285 g/mol. The first-order chi connectivity index (χ1) is 9.54. The quantitative estimate of drug-likeness (QED) is 0.886. The first-order valence-corrected chi connectivity index (χ1v) is 6.20. The second-order valence-corrected chi connectivity index (χ2v) is 4.57. The average molecular weight is 285 g/mol. The van der Waals surface area contributed by atoms with Crippen molar-refractivity contribution in [3.8, 4) is 11.8 Å². The van der Waals surface area contributed by atoms with Gasteiger partial charge < -0.3 is 10.4 Å². The first kappa shape index (κ1) is 14.6. The molecule has 1 aliphatic heterocycles. The molecule has 0 aromatic heterocycles. The first-order valence-electron chi connectivity index (χ1n) is 6.20. The molecule has 1 aliphatic rings. The largest absolute Gasteiger partial charge is 0.505 e. The average Bonchev–Trinajstić information content (AvgIpc) is 2.44. The summed E-state index contributed by atoms with van der Waals surface area (Å²) in [7, 11) is 0. The third-order valence-electron chi connectivity index (χ3n) is 3.32. The molecule has 0 amide bonds. The van der Waals surface area contributed by atoms with Gasteiger partial charge in [-0.1, -0.05) is 0 Å². The molecule has 0 bridgehead atoms. The summed E-state index contributed by atoms with van der Waals surface area (Å²) in [6.07, 6.45) is -2.78. The van der Waals surface area contributed by atoms with E-state index in [0.717, 1.165) is 12.1 Å². The number of nitrogens with one attached hydrogen (secondary N) is 1. The predicted octanol–water partition coefficient (Wildman–Crippen LogP) is 1.61. The maximum atomic E-state index is 13.5. The summed E-state index contributed by atoms with van der Waals surface area (Å²) in [6, 6.07) is 2.24. The predicted molar refractivity (Wildman–Crippen MR) is 66.0 cm³/mol. The van der Waals surface area contributed by atoms with E-state index in [-0.39, 0.29) is 11.1 Å². The zero-order valence-electron chi connectivity index (χ0n) is 10.6. The molecule has 1 atom stereocenters. The summed E-state index contributed by atoms with van der Waals surface area (Å²) in [6.45, 7) is 1.83. The van der Waals surface area contributed by atoms with Gasteiger partial charge in [0.25, 0.3) is 6.43 Å². The van der Waals surface area contributed by atoms with Crippen molar-refractivity contribution in [1.82, 2.24) is 10.2 Å². The van der Waals surface area contributed by atoms with Crippen LogP contribution in [0.25, 0.3) is 0 Å². The lowest BCUT2D eigenvalue weighted by atomic mass is 10.0. The van der Waals surface area contributed by atoms with Crippen molar-refractivity contribution in [3.63, 3.8) is 0 Å². The van der Waals surface area contributed by atoms with Crippen molar-refractivity contribution >= 4 is 0 Å². The van der Waals surface area contributed by atoms with Crippen LogP contribution >= 0.6 is 0 Å². The molecule has 1 aromatic carbocycles. The van der Waals surface area contributed by atoms with Gasteiger partial charge in [-0.2, -0.15) is 5.26 Å². The number of alkyl halides is 2. The van der Waals surface area contributed by atoms with Crippen molar-refractivity contribution in [2.45, 2.75) is 12.5 Å². The maximum absolute atomic E-state index is 13.5. The highest BCUT2D eigenvalue weighted by molar-refractivity contribution is 5.44. The van der Waals surface area contributed by atoms with Crippen molar-refractivity contribution in [2.24, 2.45) is 0 Å². The van der Waals surface area contributed by atoms with E-state index in [9.17, 15) is 18.3 Å². The van der Waals surface area contributed by atoms with Gasteiger partial charge in [0.15, 0.2) is 11.6 Å². The number of phenolic OH excluding ortho intramolecular Hbond substituents is 1. The Morgan fingerprint density at radius 2 is 1.95 bits per heavy atom. The molecule has 20 heavy (non-hydrogen) atoms. The van der Waals surface area contributed by atoms with E-state index < -0.39 is 24.0 Å². The molecule has 2 N–H and O–H groups in total. The number of nitrogens with zero attached hydrogens (tertiary/aromatic N) is 2. The summed E-state index contributed by atoms with van der Waals surface area (Å²) in [4.78, 5) is 1.48. The Kier molecular flexibility index (Phi) is 4.47. The van der Waals surface area contributed by atoms with E-state index in [1.807, 2.05) is 0 Å². The molecule has 2 rings (SSSR count). The molecule has 0 unspecified atom stereocenters. The van der Waals surface area contributed by atoms with Crippen LogP contribution in [0.1, 0.15) is 17.2 Å². The zero-order chi connectivity index (χ0) is 14.7. The molecule has 1 fully saturated rings. The van der Waals surface area contributed by atoms with E-state index in [0.29, 0.717) is 26.2 Å². The molecule has 0 radical (unpaired) electrons. The van der Waals surface area contributed by atoms with Crippen molar-refractivity contribution in [1.29, 1.82) is 5.26 Å². The minimum Gasteiger partial charge on any atom is -0.505 e. The minimum absolute atomic E-state index is 0.0870. The number of rotatable bonds is 3. The second-order valence-electron chi connectivity index (χ2n) is 4.57. The Bertz CT molecular complexity index is 524. The van der Waals surface area contributed by atoms with E-state index in [2.05, 4.69) is 5.32 Å². The standard InChI is InChI=1S/C13H14F3N3O/c14-10-6-8(7-17)5-9(12(10)20)11(13(15)16)19-3-1-18-2-4-19/h5-6,11,13,18,20H,1-4H2/t11-/m0/s1. The second kappa shape index (κ2) is 6.11. The minimum atomic E-state index is -2.78. The van der Waals surface area contributed by atoms with E-state index >= 15 is 0 Å². The van der Waals surface area contributed by atoms with Crippen LogP contribution in [0, 0.1) is 17.1 Å². The van der Waals surface area contributed by atoms with Crippen LogP contribution in [0.5, 0.6) is 5.75 Å². The Labute approximate surface area is 114 Å². The maximum Gasteiger partial charge on any atom is 0.258 e. The number of phenols is 1. The number of halogens is 3. The summed E-state index contributed by atoms with van der Waals surface area (Å²) < 4.78 is 40.2. The fraction of sp³-hybridized carbons (Fsp3) is 0.462. The van der Waals surface area contributed by atoms with Crippen LogP contribution in [-0.4, -0.2) is 42.6 Å². The summed E-state index contributed by atoms with van der Waals surface area (Å²) in [5.74, 6) is -1.87. The third kappa shape index (κ3) is 2.86. The number of piperazine rings is 1.